The molecule has 2 aromatic carbocycles. The molecule has 0 unspecified atom stereocenters. The number of aryl methyl sites for hydroxylation is 1. The maximum atomic E-state index is 12.3. The lowest BCUT2D eigenvalue weighted by Crippen LogP contribution is -2.12. The minimum atomic E-state index is -0.202. The monoisotopic (exact) mass is 349 g/mol. The number of carbonyl (C=O) groups is 1. The Kier molecular flexibility index (Phi) is 4.85. The van der Waals surface area contributed by atoms with E-state index in [4.69, 9.17) is 9.47 Å². The molecular formula is C16H16BrNO3. The van der Waals surface area contributed by atoms with Gasteiger partial charge in [-0.05, 0) is 42.8 Å². The second kappa shape index (κ2) is 6.63. The molecule has 5 heteroatoms. The number of carbonyl (C=O) groups excluding carboxylic acids is 1. The zero-order valence-electron chi connectivity index (χ0n) is 12.1. The van der Waals surface area contributed by atoms with Crippen LogP contribution in [0.15, 0.2) is 40.9 Å². The third kappa shape index (κ3) is 3.55. The molecule has 0 bridgehead atoms. The van der Waals surface area contributed by atoms with Gasteiger partial charge in [0.25, 0.3) is 5.91 Å². The van der Waals surface area contributed by atoms with Crippen molar-refractivity contribution in [2.75, 3.05) is 19.5 Å². The number of ether oxygens (including phenoxy) is 2. The Balaban J connectivity index is 2.21. The second-order valence-electron chi connectivity index (χ2n) is 4.49. The minimum Gasteiger partial charge on any atom is -0.493 e. The van der Waals surface area contributed by atoms with Gasteiger partial charge in [-0.25, -0.2) is 0 Å². The van der Waals surface area contributed by atoms with Crippen LogP contribution < -0.4 is 14.8 Å². The fourth-order valence-corrected chi connectivity index (χ4v) is 2.23. The topological polar surface area (TPSA) is 47.6 Å². The number of hydrogen-bond donors (Lipinski definition) is 1. The van der Waals surface area contributed by atoms with E-state index in [0.29, 0.717) is 17.1 Å². The summed E-state index contributed by atoms with van der Waals surface area (Å²) in [6.07, 6.45) is 0. The Morgan fingerprint density at radius 3 is 2.38 bits per heavy atom. The molecule has 0 saturated carbocycles. The SMILES string of the molecule is COc1ccc(C(=O)Nc2ccc(C)c(Br)c2)cc1OC. The number of hydrogen-bond acceptors (Lipinski definition) is 3. The minimum absolute atomic E-state index is 0.202. The highest BCUT2D eigenvalue weighted by Gasteiger charge is 2.11. The van der Waals surface area contributed by atoms with Gasteiger partial charge in [0.15, 0.2) is 11.5 Å². The predicted octanol–water partition coefficient (Wildman–Crippen LogP) is 4.03. The molecule has 0 heterocycles. The fourth-order valence-electron chi connectivity index (χ4n) is 1.85. The molecule has 21 heavy (non-hydrogen) atoms. The molecule has 0 saturated heterocycles. The number of amides is 1. The number of anilines is 1. The van der Waals surface area contributed by atoms with Crippen molar-refractivity contribution >= 4 is 27.5 Å². The van der Waals surface area contributed by atoms with Gasteiger partial charge in [-0.2, -0.15) is 0 Å². The molecule has 0 atom stereocenters. The highest BCUT2D eigenvalue weighted by molar-refractivity contribution is 9.10. The summed E-state index contributed by atoms with van der Waals surface area (Å²) in [5.74, 6) is 0.911. The summed E-state index contributed by atoms with van der Waals surface area (Å²) >= 11 is 3.45. The molecule has 1 amide bonds. The van der Waals surface area contributed by atoms with Gasteiger partial charge >= 0.3 is 0 Å². The molecule has 0 aliphatic carbocycles. The summed E-state index contributed by atoms with van der Waals surface area (Å²) in [7, 11) is 3.10. The number of methoxy groups -OCH3 is 2. The van der Waals surface area contributed by atoms with Crippen LogP contribution in [0.4, 0.5) is 5.69 Å². The van der Waals surface area contributed by atoms with Gasteiger partial charge < -0.3 is 14.8 Å². The molecule has 2 aromatic rings. The van der Waals surface area contributed by atoms with E-state index >= 15 is 0 Å². The Morgan fingerprint density at radius 2 is 1.76 bits per heavy atom. The van der Waals surface area contributed by atoms with E-state index in [-0.39, 0.29) is 5.91 Å². The molecule has 0 spiro atoms. The highest BCUT2D eigenvalue weighted by atomic mass is 79.9. The van der Waals surface area contributed by atoms with Gasteiger partial charge in [0.2, 0.25) is 0 Å². The lowest BCUT2D eigenvalue weighted by molar-refractivity contribution is 0.102. The highest BCUT2D eigenvalue weighted by Crippen LogP contribution is 2.28. The van der Waals surface area contributed by atoms with E-state index in [1.807, 2.05) is 25.1 Å². The largest absolute Gasteiger partial charge is 0.493 e. The number of halogens is 1. The maximum Gasteiger partial charge on any atom is 0.255 e. The first-order valence-corrected chi connectivity index (χ1v) is 7.14. The Morgan fingerprint density at radius 1 is 1.05 bits per heavy atom. The van der Waals surface area contributed by atoms with Gasteiger partial charge in [0.1, 0.15) is 0 Å². The van der Waals surface area contributed by atoms with Crippen molar-refractivity contribution in [3.8, 4) is 11.5 Å². The van der Waals surface area contributed by atoms with Crippen molar-refractivity contribution < 1.29 is 14.3 Å². The third-order valence-corrected chi connectivity index (χ3v) is 3.93. The van der Waals surface area contributed by atoms with Crippen LogP contribution in [0, 0.1) is 6.92 Å². The van der Waals surface area contributed by atoms with E-state index in [0.717, 1.165) is 15.7 Å². The van der Waals surface area contributed by atoms with Crippen LogP contribution in [0.3, 0.4) is 0 Å². The lowest BCUT2D eigenvalue weighted by atomic mass is 10.1. The number of nitrogens with one attached hydrogen (secondary N) is 1. The third-order valence-electron chi connectivity index (χ3n) is 3.08. The number of benzene rings is 2. The van der Waals surface area contributed by atoms with Gasteiger partial charge in [-0.3, -0.25) is 4.79 Å². The molecule has 0 radical (unpaired) electrons. The zero-order valence-corrected chi connectivity index (χ0v) is 13.7. The molecule has 0 aromatic heterocycles. The van der Waals surface area contributed by atoms with Crippen LogP contribution >= 0.6 is 15.9 Å². The van der Waals surface area contributed by atoms with Gasteiger partial charge in [-0.15, -0.1) is 0 Å². The summed E-state index contributed by atoms with van der Waals surface area (Å²) in [6.45, 7) is 1.99. The smallest absolute Gasteiger partial charge is 0.255 e. The van der Waals surface area contributed by atoms with Crippen molar-refractivity contribution in [2.45, 2.75) is 6.92 Å². The van der Waals surface area contributed by atoms with E-state index in [9.17, 15) is 4.79 Å². The van der Waals surface area contributed by atoms with Gasteiger partial charge in [0.05, 0.1) is 14.2 Å². The zero-order chi connectivity index (χ0) is 15.4. The molecule has 0 aliphatic rings. The summed E-state index contributed by atoms with van der Waals surface area (Å²) < 4.78 is 11.3. The summed E-state index contributed by atoms with van der Waals surface area (Å²) in [5, 5.41) is 2.85. The van der Waals surface area contributed by atoms with Crippen LogP contribution in [0.25, 0.3) is 0 Å². The quantitative estimate of drug-likeness (QED) is 0.906. The van der Waals surface area contributed by atoms with Crippen molar-refractivity contribution in [1.29, 1.82) is 0 Å². The van der Waals surface area contributed by atoms with Crippen LogP contribution in [0.2, 0.25) is 0 Å². The Labute approximate surface area is 132 Å². The van der Waals surface area contributed by atoms with Crippen LogP contribution in [-0.2, 0) is 0 Å². The molecule has 0 fully saturated rings. The molecule has 1 N–H and O–H groups in total. The number of rotatable bonds is 4. The Hall–Kier alpha value is -2.01. The summed E-state index contributed by atoms with van der Waals surface area (Å²) in [6, 6.07) is 10.7. The molecule has 2 rings (SSSR count). The predicted molar refractivity (Wildman–Crippen MR) is 86.4 cm³/mol. The van der Waals surface area contributed by atoms with E-state index in [1.54, 1.807) is 25.3 Å². The van der Waals surface area contributed by atoms with Crippen molar-refractivity contribution in [1.82, 2.24) is 0 Å². The van der Waals surface area contributed by atoms with Crippen LogP contribution in [0.5, 0.6) is 11.5 Å². The first-order chi connectivity index (χ1) is 10.0. The van der Waals surface area contributed by atoms with E-state index < -0.39 is 0 Å². The summed E-state index contributed by atoms with van der Waals surface area (Å²) in [5.41, 5.74) is 2.34. The second-order valence-corrected chi connectivity index (χ2v) is 5.34. The average molecular weight is 350 g/mol. The maximum absolute atomic E-state index is 12.3. The first-order valence-electron chi connectivity index (χ1n) is 6.34. The van der Waals surface area contributed by atoms with Crippen molar-refractivity contribution in [3.05, 3.63) is 52.0 Å². The van der Waals surface area contributed by atoms with E-state index in [1.165, 1.54) is 7.11 Å². The first kappa shape index (κ1) is 15.4. The van der Waals surface area contributed by atoms with Crippen LogP contribution in [0.1, 0.15) is 15.9 Å². The molecule has 4 nitrogen and oxygen atoms in total. The van der Waals surface area contributed by atoms with Crippen LogP contribution in [-0.4, -0.2) is 20.1 Å². The molecule has 0 aliphatic heterocycles. The standard InChI is InChI=1S/C16H16BrNO3/c1-10-4-6-12(9-13(10)17)18-16(19)11-5-7-14(20-2)15(8-11)21-3/h4-9H,1-3H3,(H,18,19). The average Bonchev–Trinajstić information content (AvgIpc) is 2.50. The fraction of sp³-hybridized carbons (Fsp3) is 0.188. The molecule has 110 valence electrons. The van der Waals surface area contributed by atoms with Gasteiger partial charge in [-0.1, -0.05) is 22.0 Å². The van der Waals surface area contributed by atoms with Crippen molar-refractivity contribution in [2.24, 2.45) is 0 Å². The normalized spacial score (nSPS) is 10.1. The van der Waals surface area contributed by atoms with Crippen molar-refractivity contribution in [3.63, 3.8) is 0 Å². The molecular weight excluding hydrogens is 334 g/mol. The Bertz CT molecular complexity index is 671. The van der Waals surface area contributed by atoms with Gasteiger partial charge in [0, 0.05) is 15.7 Å². The van der Waals surface area contributed by atoms with E-state index in [2.05, 4.69) is 21.2 Å². The lowest BCUT2D eigenvalue weighted by Gasteiger charge is -2.10. The summed E-state index contributed by atoms with van der Waals surface area (Å²) in [4.78, 5) is 12.3.